The fraction of sp³-hybridized carbons (Fsp3) is 0.500. The first-order chi connectivity index (χ1) is 10.5. The van der Waals surface area contributed by atoms with Crippen molar-refractivity contribution in [2.24, 2.45) is 5.92 Å². The summed E-state index contributed by atoms with van der Waals surface area (Å²) in [5.41, 5.74) is 0.869. The Morgan fingerprint density at radius 3 is 2.55 bits per heavy atom. The molecule has 6 heteroatoms. The zero-order valence-corrected chi connectivity index (χ0v) is 14.4. The fourth-order valence-electron chi connectivity index (χ4n) is 2.51. The standard InChI is InChI=1S/C16H20BrNO4/c1-10(2)12-9-22-16(20)18(12)15(19)13(17)14(21-3)11-7-5-4-6-8-11/h4-8,10,12-14H,9H2,1-3H3/t12-,13-,14-/m1/s1. The fourth-order valence-corrected chi connectivity index (χ4v) is 3.25. The molecule has 0 spiro atoms. The van der Waals surface area contributed by atoms with Gasteiger partial charge in [0.15, 0.2) is 0 Å². The lowest BCUT2D eigenvalue weighted by Gasteiger charge is -2.28. The van der Waals surface area contributed by atoms with Crippen molar-refractivity contribution in [3.8, 4) is 0 Å². The number of nitrogens with zero attached hydrogens (tertiary/aromatic N) is 1. The minimum Gasteiger partial charge on any atom is -0.447 e. The maximum atomic E-state index is 12.7. The van der Waals surface area contributed by atoms with Crippen molar-refractivity contribution in [1.29, 1.82) is 0 Å². The molecule has 1 fully saturated rings. The number of rotatable bonds is 5. The third-order valence-electron chi connectivity index (χ3n) is 3.80. The van der Waals surface area contributed by atoms with Crippen LogP contribution in [0.2, 0.25) is 0 Å². The van der Waals surface area contributed by atoms with E-state index in [4.69, 9.17) is 9.47 Å². The summed E-state index contributed by atoms with van der Waals surface area (Å²) in [5.74, 6) is -0.204. The predicted molar refractivity (Wildman–Crippen MR) is 85.7 cm³/mol. The lowest BCUT2D eigenvalue weighted by Crippen LogP contribution is -2.46. The number of imide groups is 1. The highest BCUT2D eigenvalue weighted by molar-refractivity contribution is 9.10. The molecule has 1 aliphatic rings. The number of carbonyl (C=O) groups excluding carboxylic acids is 2. The Bertz CT molecular complexity index is 534. The maximum absolute atomic E-state index is 12.7. The second-order valence-corrected chi connectivity index (χ2v) is 6.55. The number of amides is 2. The highest BCUT2D eigenvalue weighted by Gasteiger charge is 2.43. The van der Waals surface area contributed by atoms with Crippen molar-refractivity contribution in [2.45, 2.75) is 30.8 Å². The number of benzene rings is 1. The van der Waals surface area contributed by atoms with Crippen LogP contribution in [0, 0.1) is 5.92 Å². The number of carbonyl (C=O) groups is 2. The van der Waals surface area contributed by atoms with E-state index >= 15 is 0 Å². The van der Waals surface area contributed by atoms with Crippen molar-refractivity contribution in [3.63, 3.8) is 0 Å². The number of alkyl halides is 1. The van der Waals surface area contributed by atoms with Gasteiger partial charge in [0.1, 0.15) is 17.5 Å². The van der Waals surface area contributed by atoms with Crippen LogP contribution in [-0.2, 0) is 14.3 Å². The largest absolute Gasteiger partial charge is 0.447 e. The molecule has 0 saturated carbocycles. The topological polar surface area (TPSA) is 55.8 Å². The summed E-state index contributed by atoms with van der Waals surface area (Å²) in [6.45, 7) is 4.16. The van der Waals surface area contributed by atoms with Gasteiger partial charge in [0.05, 0.1) is 6.04 Å². The molecule has 1 heterocycles. The summed E-state index contributed by atoms with van der Waals surface area (Å²) in [6, 6.07) is 9.19. The van der Waals surface area contributed by atoms with Gasteiger partial charge in [-0.1, -0.05) is 60.1 Å². The molecule has 2 amide bonds. The molecule has 1 aromatic rings. The van der Waals surface area contributed by atoms with Gasteiger partial charge < -0.3 is 9.47 Å². The van der Waals surface area contributed by atoms with Crippen LogP contribution in [0.5, 0.6) is 0 Å². The number of methoxy groups -OCH3 is 1. The molecular weight excluding hydrogens is 350 g/mol. The van der Waals surface area contributed by atoms with Gasteiger partial charge >= 0.3 is 6.09 Å². The Hall–Kier alpha value is -1.40. The van der Waals surface area contributed by atoms with E-state index in [0.717, 1.165) is 5.56 Å². The lowest BCUT2D eigenvalue weighted by molar-refractivity contribution is -0.131. The van der Waals surface area contributed by atoms with E-state index < -0.39 is 17.0 Å². The molecule has 0 radical (unpaired) electrons. The highest BCUT2D eigenvalue weighted by Crippen LogP contribution is 2.30. The van der Waals surface area contributed by atoms with Gasteiger partial charge in [0.25, 0.3) is 0 Å². The Morgan fingerprint density at radius 1 is 1.36 bits per heavy atom. The molecule has 2 rings (SSSR count). The van der Waals surface area contributed by atoms with Gasteiger partial charge in [-0.15, -0.1) is 0 Å². The van der Waals surface area contributed by atoms with E-state index in [1.54, 1.807) is 7.11 Å². The normalized spacial score (nSPS) is 20.9. The van der Waals surface area contributed by atoms with E-state index in [0.29, 0.717) is 0 Å². The number of cyclic esters (lactones) is 1. The molecule has 1 aliphatic heterocycles. The molecule has 5 nitrogen and oxygen atoms in total. The molecule has 0 aromatic heterocycles. The first kappa shape index (κ1) is 17.0. The number of ether oxygens (including phenoxy) is 2. The minimum atomic E-state index is -0.660. The van der Waals surface area contributed by atoms with E-state index in [9.17, 15) is 9.59 Å². The highest BCUT2D eigenvalue weighted by atomic mass is 79.9. The Labute approximate surface area is 138 Å². The molecule has 0 N–H and O–H groups in total. The molecule has 120 valence electrons. The first-order valence-corrected chi connectivity index (χ1v) is 8.10. The van der Waals surface area contributed by atoms with Crippen molar-refractivity contribution in [3.05, 3.63) is 35.9 Å². The molecular formula is C16H20BrNO4. The third-order valence-corrected chi connectivity index (χ3v) is 4.67. The predicted octanol–water partition coefficient (Wildman–Crippen LogP) is 3.14. The molecule has 22 heavy (non-hydrogen) atoms. The van der Waals surface area contributed by atoms with Crippen LogP contribution in [0.3, 0.4) is 0 Å². The van der Waals surface area contributed by atoms with Gasteiger partial charge in [-0.25, -0.2) is 9.69 Å². The van der Waals surface area contributed by atoms with Crippen molar-refractivity contribution in [2.75, 3.05) is 13.7 Å². The van der Waals surface area contributed by atoms with Crippen LogP contribution < -0.4 is 0 Å². The number of hydrogen-bond acceptors (Lipinski definition) is 4. The Morgan fingerprint density at radius 2 is 2.00 bits per heavy atom. The molecule has 0 unspecified atom stereocenters. The Kier molecular flexibility index (Phi) is 5.58. The van der Waals surface area contributed by atoms with Gasteiger partial charge in [-0.2, -0.15) is 0 Å². The third kappa shape index (κ3) is 3.33. The van der Waals surface area contributed by atoms with E-state index in [1.165, 1.54) is 4.90 Å². The zero-order chi connectivity index (χ0) is 16.3. The maximum Gasteiger partial charge on any atom is 0.417 e. The Balaban J connectivity index is 2.21. The van der Waals surface area contributed by atoms with Crippen molar-refractivity contribution in [1.82, 2.24) is 4.90 Å². The lowest BCUT2D eigenvalue weighted by atomic mass is 10.0. The number of hydrogen-bond donors (Lipinski definition) is 0. The van der Waals surface area contributed by atoms with E-state index in [2.05, 4.69) is 15.9 Å². The molecule has 0 bridgehead atoms. The van der Waals surface area contributed by atoms with E-state index in [-0.39, 0.29) is 24.5 Å². The van der Waals surface area contributed by atoms with Crippen molar-refractivity contribution < 1.29 is 19.1 Å². The number of halogens is 1. The van der Waals surface area contributed by atoms with Gasteiger partial charge in [0.2, 0.25) is 5.91 Å². The molecule has 1 saturated heterocycles. The van der Waals surface area contributed by atoms with Crippen molar-refractivity contribution >= 4 is 27.9 Å². The van der Waals surface area contributed by atoms with Crippen LogP contribution in [0.4, 0.5) is 4.79 Å². The summed E-state index contributed by atoms with van der Waals surface area (Å²) in [5, 5.41) is 0. The average Bonchev–Trinajstić information content (AvgIpc) is 2.90. The summed E-state index contributed by atoms with van der Waals surface area (Å²) in [7, 11) is 1.54. The summed E-state index contributed by atoms with van der Waals surface area (Å²) in [6.07, 6.45) is -1.06. The quantitative estimate of drug-likeness (QED) is 0.748. The van der Waals surface area contributed by atoms with Crippen LogP contribution in [0.25, 0.3) is 0 Å². The second kappa shape index (κ2) is 7.24. The van der Waals surface area contributed by atoms with Crippen LogP contribution >= 0.6 is 15.9 Å². The summed E-state index contributed by atoms with van der Waals surface area (Å²) >= 11 is 3.40. The van der Waals surface area contributed by atoms with Crippen LogP contribution in [-0.4, -0.2) is 41.5 Å². The minimum absolute atomic E-state index is 0.132. The van der Waals surface area contributed by atoms with Crippen LogP contribution in [0.15, 0.2) is 30.3 Å². The van der Waals surface area contributed by atoms with Gasteiger partial charge in [0, 0.05) is 7.11 Å². The molecule has 3 atom stereocenters. The molecule has 0 aliphatic carbocycles. The van der Waals surface area contributed by atoms with Crippen LogP contribution in [0.1, 0.15) is 25.5 Å². The summed E-state index contributed by atoms with van der Waals surface area (Å²) in [4.78, 5) is 25.2. The smallest absolute Gasteiger partial charge is 0.417 e. The van der Waals surface area contributed by atoms with Gasteiger partial charge in [-0.05, 0) is 11.5 Å². The summed E-state index contributed by atoms with van der Waals surface area (Å²) < 4.78 is 10.5. The molecule has 1 aromatic carbocycles. The second-order valence-electron chi connectivity index (χ2n) is 5.57. The van der Waals surface area contributed by atoms with E-state index in [1.807, 2.05) is 44.2 Å². The average molecular weight is 370 g/mol. The van der Waals surface area contributed by atoms with Gasteiger partial charge in [-0.3, -0.25) is 4.79 Å². The monoisotopic (exact) mass is 369 g/mol. The first-order valence-electron chi connectivity index (χ1n) is 7.19. The SMILES string of the molecule is CO[C@H](c1ccccc1)[C@@H](Br)C(=O)N1C(=O)OC[C@@H]1C(C)C. The zero-order valence-electron chi connectivity index (χ0n) is 12.9.